The molecule has 118 valence electrons. The van der Waals surface area contributed by atoms with E-state index < -0.39 is 0 Å². The van der Waals surface area contributed by atoms with E-state index in [1.807, 2.05) is 0 Å². The first kappa shape index (κ1) is 16.4. The lowest BCUT2D eigenvalue weighted by Crippen LogP contribution is -2.45. The number of ether oxygens (including phenoxy) is 1. The Bertz CT molecular complexity index is 443. The summed E-state index contributed by atoms with van der Waals surface area (Å²) in [6, 6.07) is 8.55. The summed E-state index contributed by atoms with van der Waals surface area (Å²) in [5.74, 6) is 1.08. The fraction of sp³-hybridized carbons (Fsp3) is 0.684. The molecule has 0 aliphatic heterocycles. The van der Waals surface area contributed by atoms with E-state index in [0.29, 0.717) is 0 Å². The molecule has 0 radical (unpaired) electrons. The van der Waals surface area contributed by atoms with Gasteiger partial charge in [0.25, 0.3) is 0 Å². The minimum absolute atomic E-state index is 0.0715. The molecule has 2 heteroatoms. The third kappa shape index (κ3) is 4.23. The van der Waals surface area contributed by atoms with Gasteiger partial charge in [0.05, 0.1) is 0 Å². The summed E-state index contributed by atoms with van der Waals surface area (Å²) in [5.41, 5.74) is 1.52. The number of rotatable bonds is 7. The molecule has 0 aromatic heterocycles. The summed E-state index contributed by atoms with van der Waals surface area (Å²) in [6.07, 6.45) is 6.00. The highest BCUT2D eigenvalue weighted by molar-refractivity contribution is 5.39. The third-order valence-corrected chi connectivity index (χ3v) is 4.47. The van der Waals surface area contributed by atoms with Crippen molar-refractivity contribution in [3.63, 3.8) is 0 Å². The first-order valence-corrected chi connectivity index (χ1v) is 8.46. The highest BCUT2D eigenvalue weighted by atomic mass is 16.5. The zero-order valence-corrected chi connectivity index (χ0v) is 14.2. The second-order valence-electron chi connectivity index (χ2n) is 7.38. The molecule has 1 aliphatic carbocycles. The van der Waals surface area contributed by atoms with Crippen LogP contribution in [0.5, 0.6) is 5.75 Å². The molecule has 1 fully saturated rings. The van der Waals surface area contributed by atoms with Gasteiger partial charge < -0.3 is 10.1 Å². The second kappa shape index (κ2) is 6.83. The van der Waals surface area contributed by atoms with Crippen LogP contribution in [0.2, 0.25) is 0 Å². The van der Waals surface area contributed by atoms with Crippen molar-refractivity contribution in [1.82, 2.24) is 5.32 Å². The van der Waals surface area contributed by atoms with Crippen molar-refractivity contribution >= 4 is 0 Å². The molecule has 0 bridgehead atoms. The van der Waals surface area contributed by atoms with E-state index in [9.17, 15) is 0 Å². The van der Waals surface area contributed by atoms with Gasteiger partial charge in [0.15, 0.2) is 0 Å². The Labute approximate surface area is 130 Å². The van der Waals surface area contributed by atoms with Crippen LogP contribution >= 0.6 is 0 Å². The molecule has 1 saturated carbocycles. The fourth-order valence-electron chi connectivity index (χ4n) is 3.00. The molecule has 0 spiro atoms. The van der Waals surface area contributed by atoms with Gasteiger partial charge in [-0.25, -0.2) is 0 Å². The van der Waals surface area contributed by atoms with Crippen LogP contribution in [0.4, 0.5) is 0 Å². The Kier molecular flexibility index (Phi) is 5.32. The Hall–Kier alpha value is -1.02. The van der Waals surface area contributed by atoms with E-state index in [1.54, 1.807) is 0 Å². The van der Waals surface area contributed by atoms with Crippen molar-refractivity contribution in [2.45, 2.75) is 70.8 Å². The molecule has 21 heavy (non-hydrogen) atoms. The topological polar surface area (TPSA) is 21.3 Å². The van der Waals surface area contributed by atoms with E-state index in [-0.39, 0.29) is 11.0 Å². The highest BCUT2D eigenvalue weighted by Crippen LogP contribution is 2.42. The minimum atomic E-state index is 0.0715. The monoisotopic (exact) mass is 289 g/mol. The zero-order valence-electron chi connectivity index (χ0n) is 14.2. The van der Waals surface area contributed by atoms with Crippen LogP contribution in [0.25, 0.3) is 0 Å². The molecule has 0 saturated heterocycles. The van der Waals surface area contributed by atoms with Gasteiger partial charge in [0.1, 0.15) is 11.4 Å². The van der Waals surface area contributed by atoms with Gasteiger partial charge in [-0.1, -0.05) is 45.9 Å². The molecule has 1 aromatic carbocycles. The van der Waals surface area contributed by atoms with E-state index in [2.05, 4.69) is 57.3 Å². The first-order chi connectivity index (χ1) is 9.97. The minimum Gasteiger partial charge on any atom is -0.487 e. The standard InChI is InChI=1S/C19H31NO/c1-5-14-20-15-13-19(11-8-12-19)21-17-10-7-6-9-16(17)18(2,3)4/h6-7,9-10,20H,5,8,11-15H2,1-4H3. The Balaban J connectivity index is 2.05. The Morgan fingerprint density at radius 1 is 1.14 bits per heavy atom. The predicted octanol–water partition coefficient (Wildman–Crippen LogP) is 4.68. The van der Waals surface area contributed by atoms with E-state index in [0.717, 1.165) is 25.3 Å². The molecule has 1 aromatic rings. The maximum Gasteiger partial charge on any atom is 0.123 e. The Morgan fingerprint density at radius 3 is 2.43 bits per heavy atom. The molecule has 2 nitrogen and oxygen atoms in total. The highest BCUT2D eigenvalue weighted by Gasteiger charge is 2.39. The van der Waals surface area contributed by atoms with Crippen LogP contribution in [0, 0.1) is 0 Å². The molecule has 0 atom stereocenters. The first-order valence-electron chi connectivity index (χ1n) is 8.46. The summed E-state index contributed by atoms with van der Waals surface area (Å²) < 4.78 is 6.54. The number of benzene rings is 1. The molecular weight excluding hydrogens is 258 g/mol. The van der Waals surface area contributed by atoms with E-state index in [4.69, 9.17) is 4.74 Å². The van der Waals surface area contributed by atoms with Crippen molar-refractivity contribution in [1.29, 1.82) is 0 Å². The second-order valence-corrected chi connectivity index (χ2v) is 7.38. The summed E-state index contributed by atoms with van der Waals surface area (Å²) >= 11 is 0. The van der Waals surface area contributed by atoms with E-state index >= 15 is 0 Å². The van der Waals surface area contributed by atoms with Gasteiger partial charge in [-0.3, -0.25) is 0 Å². The van der Waals surface area contributed by atoms with Crippen molar-refractivity contribution in [2.24, 2.45) is 0 Å². The molecule has 2 rings (SSSR count). The van der Waals surface area contributed by atoms with Gasteiger partial charge in [0.2, 0.25) is 0 Å². The summed E-state index contributed by atoms with van der Waals surface area (Å²) in [7, 11) is 0. The van der Waals surface area contributed by atoms with Gasteiger partial charge in [-0.15, -0.1) is 0 Å². The summed E-state index contributed by atoms with van der Waals surface area (Å²) in [4.78, 5) is 0. The Morgan fingerprint density at radius 2 is 1.86 bits per heavy atom. The largest absolute Gasteiger partial charge is 0.487 e. The van der Waals surface area contributed by atoms with Gasteiger partial charge in [0, 0.05) is 0 Å². The molecule has 0 heterocycles. The summed E-state index contributed by atoms with van der Waals surface area (Å²) in [5, 5.41) is 3.51. The quantitative estimate of drug-likeness (QED) is 0.736. The lowest BCUT2D eigenvalue weighted by molar-refractivity contribution is -0.0155. The van der Waals surface area contributed by atoms with Crippen LogP contribution in [0.1, 0.15) is 65.4 Å². The van der Waals surface area contributed by atoms with Crippen LogP contribution in [-0.2, 0) is 5.41 Å². The maximum atomic E-state index is 6.54. The number of nitrogens with one attached hydrogen (secondary N) is 1. The average molecular weight is 289 g/mol. The summed E-state index contributed by atoms with van der Waals surface area (Å²) in [6.45, 7) is 11.1. The van der Waals surface area contributed by atoms with Crippen LogP contribution in [0.15, 0.2) is 24.3 Å². The smallest absolute Gasteiger partial charge is 0.123 e. The van der Waals surface area contributed by atoms with Gasteiger partial charge in [-0.2, -0.15) is 0 Å². The molecule has 1 N–H and O–H groups in total. The fourth-order valence-corrected chi connectivity index (χ4v) is 3.00. The van der Waals surface area contributed by atoms with Crippen LogP contribution < -0.4 is 10.1 Å². The molecular formula is C19H31NO. The predicted molar refractivity (Wildman–Crippen MR) is 90.1 cm³/mol. The molecule has 0 unspecified atom stereocenters. The van der Waals surface area contributed by atoms with Crippen molar-refractivity contribution in [3.8, 4) is 5.75 Å². The number of para-hydroxylation sites is 1. The maximum absolute atomic E-state index is 6.54. The average Bonchev–Trinajstić information content (AvgIpc) is 2.40. The van der Waals surface area contributed by atoms with Crippen molar-refractivity contribution in [2.75, 3.05) is 13.1 Å². The van der Waals surface area contributed by atoms with Gasteiger partial charge >= 0.3 is 0 Å². The van der Waals surface area contributed by atoms with E-state index in [1.165, 1.54) is 31.2 Å². The SMILES string of the molecule is CCCNCCC1(Oc2ccccc2C(C)(C)C)CCC1. The zero-order chi connectivity index (χ0) is 15.3. The van der Waals surface area contributed by atoms with Crippen LogP contribution in [-0.4, -0.2) is 18.7 Å². The van der Waals surface area contributed by atoms with Crippen LogP contribution in [0.3, 0.4) is 0 Å². The van der Waals surface area contributed by atoms with Gasteiger partial charge in [-0.05, 0) is 62.2 Å². The normalized spacial score (nSPS) is 17.3. The third-order valence-electron chi connectivity index (χ3n) is 4.47. The lowest BCUT2D eigenvalue weighted by Gasteiger charge is -2.43. The molecule has 0 amide bonds. The van der Waals surface area contributed by atoms with Crippen molar-refractivity contribution < 1.29 is 4.74 Å². The molecule has 1 aliphatic rings. The lowest BCUT2D eigenvalue weighted by atomic mass is 9.77. The number of hydrogen-bond acceptors (Lipinski definition) is 2. The van der Waals surface area contributed by atoms with Crippen molar-refractivity contribution in [3.05, 3.63) is 29.8 Å². The number of hydrogen-bond donors (Lipinski definition) is 1.